The van der Waals surface area contributed by atoms with E-state index >= 15 is 0 Å². The molecule has 0 spiro atoms. The maximum Gasteiger partial charge on any atom is 0.207 e. The molecule has 0 bridgehead atoms. The van der Waals surface area contributed by atoms with Crippen molar-refractivity contribution >= 4 is 22.5 Å². The lowest BCUT2D eigenvalue weighted by Crippen LogP contribution is -2.25. The van der Waals surface area contributed by atoms with Crippen LogP contribution in [0.1, 0.15) is 19.4 Å². The molecule has 0 aliphatic heterocycles. The summed E-state index contributed by atoms with van der Waals surface area (Å²) in [6.07, 6.45) is 0.737. The zero-order chi connectivity index (χ0) is 16.3. The Labute approximate surface area is 133 Å². The van der Waals surface area contributed by atoms with Gasteiger partial charge in [-0.25, -0.2) is 0 Å². The molecule has 0 fully saturated rings. The molecule has 2 rings (SSSR count). The maximum absolute atomic E-state index is 12.2. The molecule has 1 aromatic carbocycles. The van der Waals surface area contributed by atoms with Crippen LogP contribution in [0.3, 0.4) is 0 Å². The number of ether oxygens (including phenoxy) is 1. The molecule has 5 nitrogen and oxygen atoms in total. The van der Waals surface area contributed by atoms with Crippen LogP contribution < -0.4 is 5.43 Å². The molecule has 116 valence electrons. The molecule has 0 saturated carbocycles. The number of rotatable bonds is 5. The number of aliphatic hydroxyl groups is 1. The van der Waals surface area contributed by atoms with Crippen LogP contribution in [0.25, 0.3) is 10.9 Å². The predicted molar refractivity (Wildman–Crippen MR) is 85.0 cm³/mol. The summed E-state index contributed by atoms with van der Waals surface area (Å²) >= 11 is 5.93. The number of halogens is 1. The van der Waals surface area contributed by atoms with Crippen molar-refractivity contribution in [3.63, 3.8) is 0 Å². The van der Waals surface area contributed by atoms with Crippen LogP contribution in [0, 0.1) is 11.3 Å². The minimum Gasteiger partial charge on any atom is -0.389 e. The van der Waals surface area contributed by atoms with E-state index in [1.807, 2.05) is 19.9 Å². The standard InChI is InChI=1S/C16H17ClN2O3/c1-10(2)22-9-13(20)8-19-7-11(6-18)16(21)14-5-12(17)3-4-15(14)19/h3-5,7,10,13,20H,8-9H2,1-2H3. The SMILES string of the molecule is CC(C)OCC(O)Cn1cc(C#N)c(=O)c2cc(Cl)ccc21. The molecule has 0 aliphatic rings. The van der Waals surface area contributed by atoms with Gasteiger partial charge in [0.1, 0.15) is 11.6 Å². The quantitative estimate of drug-likeness (QED) is 0.917. The second kappa shape index (κ2) is 6.93. The van der Waals surface area contributed by atoms with Gasteiger partial charge in [0.2, 0.25) is 5.43 Å². The Hall–Kier alpha value is -1.87. The van der Waals surface area contributed by atoms with E-state index in [0.717, 1.165) is 0 Å². The summed E-state index contributed by atoms with van der Waals surface area (Å²) in [6, 6.07) is 6.79. The third-order valence-electron chi connectivity index (χ3n) is 3.19. The molecular weight excluding hydrogens is 304 g/mol. The molecule has 1 heterocycles. The van der Waals surface area contributed by atoms with E-state index in [4.69, 9.17) is 21.6 Å². The van der Waals surface area contributed by atoms with Gasteiger partial charge in [-0.15, -0.1) is 0 Å². The van der Waals surface area contributed by atoms with E-state index in [9.17, 15) is 9.90 Å². The van der Waals surface area contributed by atoms with Crippen molar-refractivity contribution in [1.82, 2.24) is 4.57 Å². The van der Waals surface area contributed by atoms with E-state index in [1.54, 1.807) is 16.7 Å². The second-order valence-corrected chi connectivity index (χ2v) is 5.77. The molecule has 2 aromatic rings. The van der Waals surface area contributed by atoms with Gasteiger partial charge in [-0.05, 0) is 32.0 Å². The van der Waals surface area contributed by atoms with Gasteiger partial charge in [-0.3, -0.25) is 4.79 Å². The van der Waals surface area contributed by atoms with E-state index < -0.39 is 6.10 Å². The van der Waals surface area contributed by atoms with Gasteiger partial charge in [-0.2, -0.15) is 5.26 Å². The number of benzene rings is 1. The van der Waals surface area contributed by atoms with Gasteiger partial charge in [0, 0.05) is 16.6 Å². The highest BCUT2D eigenvalue weighted by Gasteiger charge is 2.13. The number of fused-ring (bicyclic) bond motifs is 1. The summed E-state index contributed by atoms with van der Waals surface area (Å²) in [5.74, 6) is 0. The van der Waals surface area contributed by atoms with Crippen molar-refractivity contribution in [2.45, 2.75) is 32.6 Å². The highest BCUT2D eigenvalue weighted by Crippen LogP contribution is 2.18. The number of nitriles is 1. The van der Waals surface area contributed by atoms with Gasteiger partial charge >= 0.3 is 0 Å². The molecule has 22 heavy (non-hydrogen) atoms. The van der Waals surface area contributed by atoms with Crippen molar-refractivity contribution in [1.29, 1.82) is 5.26 Å². The van der Waals surface area contributed by atoms with Crippen LogP contribution in [0.5, 0.6) is 0 Å². The number of hydrogen-bond donors (Lipinski definition) is 1. The fourth-order valence-corrected chi connectivity index (χ4v) is 2.36. The zero-order valence-electron chi connectivity index (χ0n) is 12.4. The topological polar surface area (TPSA) is 75.2 Å². The number of aliphatic hydroxyl groups excluding tert-OH is 1. The van der Waals surface area contributed by atoms with E-state index in [2.05, 4.69) is 0 Å². The van der Waals surface area contributed by atoms with Crippen molar-refractivity contribution in [2.75, 3.05) is 6.61 Å². The fourth-order valence-electron chi connectivity index (χ4n) is 2.18. The predicted octanol–water partition coefficient (Wildman–Crippen LogP) is 2.31. The maximum atomic E-state index is 12.2. The Morgan fingerprint density at radius 2 is 2.18 bits per heavy atom. The Morgan fingerprint density at radius 1 is 1.45 bits per heavy atom. The first-order valence-electron chi connectivity index (χ1n) is 6.95. The molecular formula is C16H17ClN2O3. The molecule has 0 saturated heterocycles. The average Bonchev–Trinajstić information content (AvgIpc) is 2.48. The molecule has 1 unspecified atom stereocenters. The van der Waals surface area contributed by atoms with Crippen LogP contribution >= 0.6 is 11.6 Å². The van der Waals surface area contributed by atoms with Crippen LogP contribution in [-0.4, -0.2) is 28.5 Å². The number of nitrogens with zero attached hydrogens (tertiary/aromatic N) is 2. The van der Waals surface area contributed by atoms with Crippen LogP contribution in [-0.2, 0) is 11.3 Å². The van der Waals surface area contributed by atoms with Gasteiger partial charge in [0.25, 0.3) is 0 Å². The highest BCUT2D eigenvalue weighted by atomic mass is 35.5. The van der Waals surface area contributed by atoms with Crippen molar-refractivity contribution in [3.05, 3.63) is 45.2 Å². The minimum atomic E-state index is -0.740. The van der Waals surface area contributed by atoms with Gasteiger partial charge in [0.15, 0.2) is 0 Å². The Kier molecular flexibility index (Phi) is 5.19. The normalized spacial score (nSPS) is 12.5. The highest BCUT2D eigenvalue weighted by molar-refractivity contribution is 6.31. The average molecular weight is 321 g/mol. The minimum absolute atomic E-state index is 0.0201. The lowest BCUT2D eigenvalue weighted by Gasteiger charge is -2.17. The van der Waals surface area contributed by atoms with Gasteiger partial charge in [0.05, 0.1) is 30.9 Å². The zero-order valence-corrected chi connectivity index (χ0v) is 13.2. The summed E-state index contributed by atoms with van der Waals surface area (Å²) < 4.78 is 7.06. The lowest BCUT2D eigenvalue weighted by molar-refractivity contribution is -0.000300. The van der Waals surface area contributed by atoms with Gasteiger partial charge in [-0.1, -0.05) is 11.6 Å². The van der Waals surface area contributed by atoms with E-state index in [1.165, 1.54) is 12.3 Å². The van der Waals surface area contributed by atoms with Crippen LogP contribution in [0.15, 0.2) is 29.2 Å². The van der Waals surface area contributed by atoms with Gasteiger partial charge < -0.3 is 14.4 Å². The second-order valence-electron chi connectivity index (χ2n) is 5.33. The lowest BCUT2D eigenvalue weighted by atomic mass is 10.1. The molecule has 1 N–H and O–H groups in total. The first-order chi connectivity index (χ1) is 10.4. The first-order valence-corrected chi connectivity index (χ1v) is 7.32. The molecule has 0 aliphatic carbocycles. The Morgan fingerprint density at radius 3 is 2.82 bits per heavy atom. The molecule has 0 radical (unpaired) electrons. The molecule has 1 atom stereocenters. The van der Waals surface area contributed by atoms with Crippen molar-refractivity contribution < 1.29 is 9.84 Å². The third kappa shape index (κ3) is 3.66. The van der Waals surface area contributed by atoms with Crippen LogP contribution in [0.2, 0.25) is 5.02 Å². The Balaban J connectivity index is 2.43. The monoisotopic (exact) mass is 320 g/mol. The molecule has 0 amide bonds. The number of pyridine rings is 1. The summed E-state index contributed by atoms with van der Waals surface area (Å²) in [7, 11) is 0. The summed E-state index contributed by atoms with van der Waals surface area (Å²) in [5.41, 5.74) is 0.285. The van der Waals surface area contributed by atoms with Crippen molar-refractivity contribution in [2.24, 2.45) is 0 Å². The van der Waals surface area contributed by atoms with Crippen molar-refractivity contribution in [3.8, 4) is 6.07 Å². The van der Waals surface area contributed by atoms with E-state index in [0.29, 0.717) is 15.9 Å². The smallest absolute Gasteiger partial charge is 0.207 e. The Bertz CT molecular complexity index is 777. The number of aromatic nitrogens is 1. The summed E-state index contributed by atoms with van der Waals surface area (Å²) in [5, 5.41) is 20.0. The van der Waals surface area contributed by atoms with E-state index in [-0.39, 0.29) is 30.2 Å². The van der Waals surface area contributed by atoms with Crippen LogP contribution in [0.4, 0.5) is 0 Å². The molecule has 1 aromatic heterocycles. The first kappa shape index (κ1) is 16.5. The summed E-state index contributed by atoms with van der Waals surface area (Å²) in [6.45, 7) is 4.18. The molecule has 6 heteroatoms. The summed E-state index contributed by atoms with van der Waals surface area (Å²) in [4.78, 5) is 12.2. The largest absolute Gasteiger partial charge is 0.389 e. The fraction of sp³-hybridized carbons (Fsp3) is 0.375. The number of hydrogen-bond acceptors (Lipinski definition) is 4. The third-order valence-corrected chi connectivity index (χ3v) is 3.43.